The van der Waals surface area contributed by atoms with Crippen LogP contribution < -0.4 is 4.74 Å². The monoisotopic (exact) mass is 488 g/mol. The van der Waals surface area contributed by atoms with Gasteiger partial charge in [-0.2, -0.15) is 0 Å². The first-order chi connectivity index (χ1) is 17.3. The number of carbonyl (C=O) groups is 2. The average molecular weight is 489 g/mol. The van der Waals surface area contributed by atoms with Gasteiger partial charge in [-0.1, -0.05) is 60.7 Å². The molecule has 0 aromatic heterocycles. The van der Waals surface area contributed by atoms with Crippen LogP contribution in [0, 0.1) is 17.0 Å². The molecule has 1 amide bonds. The highest BCUT2D eigenvalue weighted by Crippen LogP contribution is 2.30. The van der Waals surface area contributed by atoms with Gasteiger partial charge in [-0.05, 0) is 56.4 Å². The summed E-state index contributed by atoms with van der Waals surface area (Å²) < 4.78 is 5.75. The minimum absolute atomic E-state index is 0.0509. The Balaban J connectivity index is 1.52. The van der Waals surface area contributed by atoms with Crippen LogP contribution in [0.15, 0.2) is 72.8 Å². The quantitative estimate of drug-likeness (QED) is 0.129. The maximum Gasteiger partial charge on any atom is 0.283 e. The number of hydrogen-bond acceptors (Lipinski definition) is 5. The van der Waals surface area contributed by atoms with Gasteiger partial charge >= 0.3 is 0 Å². The van der Waals surface area contributed by atoms with Gasteiger partial charge in [-0.3, -0.25) is 19.7 Å². The number of unbranched alkanes of at least 4 members (excludes halogenated alkanes) is 2. The zero-order valence-electron chi connectivity index (χ0n) is 21.0. The van der Waals surface area contributed by atoms with Crippen LogP contribution >= 0.6 is 0 Å². The van der Waals surface area contributed by atoms with Gasteiger partial charge in [0.2, 0.25) is 5.91 Å². The van der Waals surface area contributed by atoms with E-state index in [0.29, 0.717) is 24.3 Å². The molecule has 0 saturated heterocycles. The van der Waals surface area contributed by atoms with E-state index in [9.17, 15) is 19.7 Å². The Morgan fingerprint density at radius 3 is 2.06 bits per heavy atom. The molecular weight excluding hydrogens is 456 g/mol. The van der Waals surface area contributed by atoms with Gasteiger partial charge in [0.15, 0.2) is 5.78 Å². The van der Waals surface area contributed by atoms with E-state index < -0.39 is 4.92 Å². The molecule has 0 heterocycles. The Bertz CT molecular complexity index is 1160. The molecule has 3 aromatic carbocycles. The van der Waals surface area contributed by atoms with E-state index >= 15 is 0 Å². The Morgan fingerprint density at radius 1 is 0.944 bits per heavy atom. The summed E-state index contributed by atoms with van der Waals surface area (Å²) in [5.41, 5.74) is 2.40. The third-order valence-corrected chi connectivity index (χ3v) is 6.15. The molecule has 0 bridgehead atoms. The zero-order chi connectivity index (χ0) is 26.1. The molecule has 0 atom stereocenters. The van der Waals surface area contributed by atoms with Crippen LogP contribution in [-0.4, -0.2) is 35.2 Å². The van der Waals surface area contributed by atoms with Gasteiger partial charge in [0.1, 0.15) is 5.75 Å². The molecule has 3 rings (SSSR count). The molecule has 0 aliphatic rings. The fraction of sp³-hybridized carbons (Fsp3) is 0.310. The highest BCUT2D eigenvalue weighted by Gasteiger charge is 2.23. The smallest absolute Gasteiger partial charge is 0.283 e. The van der Waals surface area contributed by atoms with E-state index in [1.165, 1.54) is 13.0 Å². The standard InChI is InChI=1S/C29H32N2O5/c1-21-19-25(20-26(22(2)32)28(21)31(34)35)36-18-12-6-11-17-27(33)30(3)29(23-13-7-4-8-14-23)24-15-9-5-10-16-24/h4-5,7-10,13-16,19-20,29H,6,11-12,17-18H2,1-3H3. The lowest BCUT2D eigenvalue weighted by molar-refractivity contribution is -0.385. The summed E-state index contributed by atoms with van der Waals surface area (Å²) in [5.74, 6) is 0.139. The van der Waals surface area contributed by atoms with Crippen LogP contribution in [0.5, 0.6) is 5.75 Å². The first kappa shape index (κ1) is 26.6. The fourth-order valence-corrected chi connectivity index (χ4v) is 4.32. The summed E-state index contributed by atoms with van der Waals surface area (Å²) in [4.78, 5) is 37.4. The van der Waals surface area contributed by atoms with Gasteiger partial charge in [0.25, 0.3) is 5.69 Å². The summed E-state index contributed by atoms with van der Waals surface area (Å²) >= 11 is 0. The molecule has 7 heteroatoms. The van der Waals surface area contributed by atoms with E-state index in [0.717, 1.165) is 30.4 Å². The lowest BCUT2D eigenvalue weighted by Gasteiger charge is -2.29. The van der Waals surface area contributed by atoms with Gasteiger partial charge in [-0.15, -0.1) is 0 Å². The molecule has 3 aromatic rings. The molecule has 0 spiro atoms. The third-order valence-electron chi connectivity index (χ3n) is 6.15. The van der Waals surface area contributed by atoms with Crippen molar-refractivity contribution in [2.45, 2.75) is 45.6 Å². The maximum atomic E-state index is 13.0. The van der Waals surface area contributed by atoms with E-state index in [1.54, 1.807) is 13.0 Å². The summed E-state index contributed by atoms with van der Waals surface area (Å²) in [6.07, 6.45) is 2.67. The number of ketones is 1. The van der Waals surface area contributed by atoms with Crippen LogP contribution in [0.3, 0.4) is 0 Å². The molecule has 0 aliphatic heterocycles. The minimum atomic E-state index is -0.538. The van der Waals surface area contributed by atoms with Crippen molar-refractivity contribution in [3.8, 4) is 5.75 Å². The second-order valence-corrected chi connectivity index (χ2v) is 8.84. The Morgan fingerprint density at radius 2 is 1.53 bits per heavy atom. The van der Waals surface area contributed by atoms with Crippen molar-refractivity contribution in [3.05, 3.63) is 105 Å². The number of nitrogens with zero attached hydrogens (tertiary/aromatic N) is 2. The SMILES string of the molecule is CC(=O)c1cc(OCCCCCC(=O)N(C)C(c2ccccc2)c2ccccc2)cc(C)c1[N+](=O)[O-]. The van der Waals surface area contributed by atoms with Crippen molar-refractivity contribution in [1.29, 1.82) is 0 Å². The number of carbonyl (C=O) groups excluding carboxylic acids is 2. The molecule has 0 unspecified atom stereocenters. The van der Waals surface area contributed by atoms with Crippen LogP contribution in [0.2, 0.25) is 0 Å². The predicted octanol–water partition coefficient (Wildman–Crippen LogP) is 6.29. The van der Waals surface area contributed by atoms with Gasteiger partial charge in [-0.25, -0.2) is 0 Å². The highest BCUT2D eigenvalue weighted by molar-refractivity contribution is 5.99. The van der Waals surface area contributed by atoms with Crippen molar-refractivity contribution >= 4 is 17.4 Å². The van der Waals surface area contributed by atoms with Crippen LogP contribution in [-0.2, 0) is 4.79 Å². The number of nitro groups is 1. The molecule has 188 valence electrons. The topological polar surface area (TPSA) is 89.8 Å². The fourth-order valence-electron chi connectivity index (χ4n) is 4.32. The van der Waals surface area contributed by atoms with Gasteiger partial charge < -0.3 is 9.64 Å². The van der Waals surface area contributed by atoms with Crippen molar-refractivity contribution in [2.75, 3.05) is 13.7 Å². The minimum Gasteiger partial charge on any atom is -0.494 e. The molecule has 0 saturated carbocycles. The predicted molar refractivity (Wildman–Crippen MR) is 139 cm³/mol. The molecule has 7 nitrogen and oxygen atoms in total. The van der Waals surface area contributed by atoms with Crippen LogP contribution in [0.1, 0.15) is 65.7 Å². The van der Waals surface area contributed by atoms with E-state index in [4.69, 9.17) is 4.74 Å². The number of nitro benzene ring substituents is 1. The number of aryl methyl sites for hydroxylation is 1. The molecular formula is C29H32N2O5. The number of Topliss-reactive ketones (excluding diaryl/α,β-unsaturated/α-hetero) is 1. The first-order valence-electron chi connectivity index (χ1n) is 12.1. The zero-order valence-corrected chi connectivity index (χ0v) is 21.0. The largest absolute Gasteiger partial charge is 0.494 e. The summed E-state index contributed by atoms with van der Waals surface area (Å²) in [5, 5.41) is 11.3. The molecule has 36 heavy (non-hydrogen) atoms. The number of amides is 1. The number of rotatable bonds is 12. The molecule has 0 radical (unpaired) electrons. The lowest BCUT2D eigenvalue weighted by atomic mass is 9.97. The average Bonchev–Trinajstić information content (AvgIpc) is 2.86. The van der Waals surface area contributed by atoms with Crippen LogP contribution in [0.25, 0.3) is 0 Å². The molecule has 0 aliphatic carbocycles. The van der Waals surface area contributed by atoms with E-state index in [2.05, 4.69) is 0 Å². The second-order valence-electron chi connectivity index (χ2n) is 8.84. The van der Waals surface area contributed by atoms with Crippen molar-refractivity contribution in [2.24, 2.45) is 0 Å². The Labute approximate surface area is 211 Å². The third kappa shape index (κ3) is 6.78. The molecule has 0 N–H and O–H groups in total. The normalized spacial score (nSPS) is 10.8. The van der Waals surface area contributed by atoms with Crippen molar-refractivity contribution in [3.63, 3.8) is 0 Å². The van der Waals surface area contributed by atoms with Crippen molar-refractivity contribution < 1.29 is 19.2 Å². The number of benzene rings is 3. The Hall–Kier alpha value is -4.00. The number of hydrogen-bond donors (Lipinski definition) is 0. The summed E-state index contributed by atoms with van der Waals surface area (Å²) in [6.45, 7) is 3.30. The second kappa shape index (κ2) is 12.6. The summed E-state index contributed by atoms with van der Waals surface area (Å²) in [6, 6.07) is 22.9. The van der Waals surface area contributed by atoms with Gasteiger partial charge in [0.05, 0.1) is 23.1 Å². The van der Waals surface area contributed by atoms with E-state index in [-0.39, 0.29) is 29.0 Å². The maximum absolute atomic E-state index is 13.0. The highest BCUT2D eigenvalue weighted by atomic mass is 16.6. The van der Waals surface area contributed by atoms with E-state index in [1.807, 2.05) is 72.6 Å². The summed E-state index contributed by atoms with van der Waals surface area (Å²) in [7, 11) is 1.85. The Kier molecular flexibility index (Phi) is 9.33. The lowest BCUT2D eigenvalue weighted by Crippen LogP contribution is -2.31. The number of ether oxygens (including phenoxy) is 1. The van der Waals surface area contributed by atoms with Gasteiger partial charge in [0, 0.05) is 19.0 Å². The van der Waals surface area contributed by atoms with Crippen molar-refractivity contribution in [1.82, 2.24) is 4.90 Å². The molecule has 0 fully saturated rings. The van der Waals surface area contributed by atoms with Crippen LogP contribution in [0.4, 0.5) is 5.69 Å². The first-order valence-corrected chi connectivity index (χ1v) is 12.1.